The molecule has 1 heterocycles. The first-order valence-corrected chi connectivity index (χ1v) is 12.8. The number of nitrogens with zero attached hydrogens (tertiary/aromatic N) is 1. The lowest BCUT2D eigenvalue weighted by molar-refractivity contribution is -0.142. The third-order valence-corrected chi connectivity index (χ3v) is 6.15. The van der Waals surface area contributed by atoms with Crippen LogP contribution in [0.3, 0.4) is 0 Å². The van der Waals surface area contributed by atoms with Crippen LogP contribution >= 0.6 is 0 Å². The Morgan fingerprint density at radius 1 is 1.11 bits per heavy atom. The molecule has 192 valence electrons. The topological polar surface area (TPSA) is 219 Å². The minimum absolute atomic E-state index is 0.0564. The zero-order valence-corrected chi connectivity index (χ0v) is 20.3. The predicted octanol–water partition coefficient (Wildman–Crippen LogP) is -1.09. The number of aromatic amines is 1. The van der Waals surface area contributed by atoms with Crippen molar-refractivity contribution in [2.45, 2.75) is 43.8 Å². The van der Waals surface area contributed by atoms with Crippen LogP contribution in [0.5, 0.6) is 0 Å². The van der Waals surface area contributed by atoms with Crippen LogP contribution in [0.4, 0.5) is 0 Å². The number of hydrogen-bond acceptors (Lipinski definition) is 6. The molecule has 0 fully saturated rings. The smallest absolute Gasteiger partial charge is 0.326 e. The Balaban J connectivity index is 2.04. The summed E-state index contributed by atoms with van der Waals surface area (Å²) < 4.78 is 11.6. The number of rotatable bonds is 14. The quantitative estimate of drug-likeness (QED) is 0.0944. The Labute approximate surface area is 205 Å². The van der Waals surface area contributed by atoms with Gasteiger partial charge >= 0.3 is 5.97 Å². The third kappa shape index (κ3) is 9.02. The average molecular weight is 508 g/mol. The summed E-state index contributed by atoms with van der Waals surface area (Å²) in [6.07, 6.45) is 3.94. The number of fused-ring (bicyclic) bond motifs is 1. The number of H-pyrrole nitrogens is 1. The maximum absolute atomic E-state index is 12.9. The summed E-state index contributed by atoms with van der Waals surface area (Å²) in [6, 6.07) is 4.34. The fourth-order valence-corrected chi connectivity index (χ4v) is 4.06. The molecule has 1 aromatic heterocycles. The first kappa shape index (κ1) is 27.8. The van der Waals surface area contributed by atoms with E-state index in [1.54, 1.807) is 6.20 Å². The maximum Gasteiger partial charge on any atom is 0.326 e. The SMILES string of the molecule is CS(=O)CCC(NC(=O)C(N)Cc1c[nH]c2ccccc12)C(=O)NC(CCCN=C(N)N)C(=O)O. The number of carbonyl (C=O) groups is 3. The summed E-state index contributed by atoms with van der Waals surface area (Å²) >= 11 is 0. The van der Waals surface area contributed by atoms with E-state index >= 15 is 0 Å². The number of para-hydroxylation sites is 1. The molecule has 2 rings (SSSR count). The highest BCUT2D eigenvalue weighted by atomic mass is 32.2. The fraction of sp³-hybridized carbons (Fsp3) is 0.455. The maximum atomic E-state index is 12.9. The Morgan fingerprint density at radius 2 is 1.80 bits per heavy atom. The molecule has 0 spiro atoms. The first-order valence-electron chi connectivity index (χ1n) is 11.1. The summed E-state index contributed by atoms with van der Waals surface area (Å²) in [5.41, 5.74) is 18.4. The molecule has 4 unspecified atom stereocenters. The lowest BCUT2D eigenvalue weighted by Crippen LogP contribution is -2.55. The van der Waals surface area contributed by atoms with Crippen molar-refractivity contribution in [2.24, 2.45) is 22.2 Å². The molecule has 0 aliphatic rings. The van der Waals surface area contributed by atoms with E-state index in [9.17, 15) is 23.7 Å². The van der Waals surface area contributed by atoms with Crippen molar-refractivity contribution in [3.63, 3.8) is 0 Å². The lowest BCUT2D eigenvalue weighted by atomic mass is 10.0. The van der Waals surface area contributed by atoms with E-state index in [0.29, 0.717) is 6.42 Å². The number of aromatic nitrogens is 1. The molecule has 2 aromatic rings. The Kier molecular flexibility index (Phi) is 10.7. The minimum atomic E-state index is -1.23. The van der Waals surface area contributed by atoms with Crippen molar-refractivity contribution >= 4 is 45.4 Å². The Morgan fingerprint density at radius 3 is 2.46 bits per heavy atom. The number of benzene rings is 1. The van der Waals surface area contributed by atoms with Crippen LogP contribution in [-0.2, 0) is 31.6 Å². The molecule has 12 nitrogen and oxygen atoms in total. The van der Waals surface area contributed by atoms with Crippen molar-refractivity contribution in [2.75, 3.05) is 18.6 Å². The number of guanidine groups is 1. The molecule has 0 saturated heterocycles. The molecule has 13 heteroatoms. The van der Waals surface area contributed by atoms with E-state index in [-0.39, 0.29) is 37.5 Å². The molecular weight excluding hydrogens is 474 g/mol. The Hall–Kier alpha value is -3.45. The molecular formula is C22H33N7O5S. The molecule has 35 heavy (non-hydrogen) atoms. The Bertz CT molecular complexity index is 1080. The highest BCUT2D eigenvalue weighted by molar-refractivity contribution is 7.84. The molecule has 0 aliphatic carbocycles. The van der Waals surface area contributed by atoms with Crippen molar-refractivity contribution in [1.82, 2.24) is 15.6 Å². The minimum Gasteiger partial charge on any atom is -0.480 e. The fourth-order valence-electron chi connectivity index (χ4n) is 3.49. The van der Waals surface area contributed by atoms with Gasteiger partial charge in [-0.15, -0.1) is 0 Å². The van der Waals surface area contributed by atoms with E-state index in [2.05, 4.69) is 20.6 Å². The van der Waals surface area contributed by atoms with Gasteiger partial charge in [-0.25, -0.2) is 4.79 Å². The van der Waals surface area contributed by atoms with E-state index in [4.69, 9.17) is 17.2 Å². The number of carboxylic acids is 1. The predicted molar refractivity (Wildman–Crippen MR) is 135 cm³/mol. The van der Waals surface area contributed by atoms with Gasteiger partial charge in [-0.3, -0.25) is 18.8 Å². The van der Waals surface area contributed by atoms with E-state index < -0.39 is 46.7 Å². The van der Waals surface area contributed by atoms with Gasteiger partial charge in [0.15, 0.2) is 5.96 Å². The normalized spacial score (nSPS) is 14.5. The zero-order valence-electron chi connectivity index (χ0n) is 19.5. The van der Waals surface area contributed by atoms with Crippen molar-refractivity contribution in [3.05, 3.63) is 36.0 Å². The molecule has 0 saturated carbocycles. The first-order chi connectivity index (χ1) is 16.6. The number of nitrogens with two attached hydrogens (primary N) is 3. The van der Waals surface area contributed by atoms with Gasteiger partial charge in [0.05, 0.1) is 6.04 Å². The monoisotopic (exact) mass is 507 g/mol. The number of aliphatic imine (C=N–C) groups is 1. The second kappa shape index (κ2) is 13.4. The number of aliphatic carboxylic acids is 1. The van der Waals surface area contributed by atoms with E-state index in [1.165, 1.54) is 6.26 Å². The lowest BCUT2D eigenvalue weighted by Gasteiger charge is -2.22. The average Bonchev–Trinajstić information content (AvgIpc) is 3.20. The number of carbonyl (C=O) groups excluding carboxylic acids is 2. The number of carboxylic acid groups (broad SMARTS) is 1. The van der Waals surface area contributed by atoms with Gasteiger partial charge in [0.25, 0.3) is 0 Å². The van der Waals surface area contributed by atoms with E-state index in [1.807, 2.05) is 24.3 Å². The zero-order chi connectivity index (χ0) is 26.0. The highest BCUT2D eigenvalue weighted by Crippen LogP contribution is 2.18. The second-order valence-corrected chi connectivity index (χ2v) is 9.70. The third-order valence-electron chi connectivity index (χ3n) is 5.34. The molecule has 0 aliphatic heterocycles. The summed E-state index contributed by atoms with van der Waals surface area (Å²) in [5.74, 6) is -2.48. The standard InChI is InChI=1S/C22H33N7O5S/c1-35(34)10-8-17(20(31)29-18(21(32)33)7-4-9-26-22(24)25)28-19(30)15(23)11-13-12-27-16-6-3-2-5-14(13)16/h2-3,5-6,12,15,17-18,27H,4,7-11,23H2,1H3,(H,28,30)(H,29,31)(H,32,33)(H4,24,25,26). The second-order valence-electron chi connectivity index (χ2n) is 8.15. The summed E-state index contributed by atoms with van der Waals surface area (Å²) in [4.78, 5) is 44.2. The number of nitrogens with one attached hydrogen (secondary N) is 3. The van der Waals surface area contributed by atoms with E-state index in [0.717, 1.165) is 16.5 Å². The van der Waals surface area contributed by atoms with Crippen molar-refractivity contribution in [3.8, 4) is 0 Å². The number of amides is 2. The van der Waals surface area contributed by atoms with Crippen LogP contribution in [-0.4, -0.2) is 74.7 Å². The van der Waals surface area contributed by atoms with Gasteiger partial charge < -0.3 is 37.9 Å². The van der Waals surface area contributed by atoms with Gasteiger partial charge in [0, 0.05) is 46.5 Å². The largest absolute Gasteiger partial charge is 0.480 e. The highest BCUT2D eigenvalue weighted by Gasteiger charge is 2.28. The van der Waals surface area contributed by atoms with Crippen LogP contribution in [0.15, 0.2) is 35.5 Å². The van der Waals surface area contributed by atoms with Gasteiger partial charge in [-0.05, 0) is 37.3 Å². The van der Waals surface area contributed by atoms with Crippen molar-refractivity contribution in [1.29, 1.82) is 0 Å². The van der Waals surface area contributed by atoms with Gasteiger partial charge in [-0.1, -0.05) is 18.2 Å². The van der Waals surface area contributed by atoms with Gasteiger partial charge in [-0.2, -0.15) is 0 Å². The van der Waals surface area contributed by atoms with Gasteiger partial charge in [0.2, 0.25) is 11.8 Å². The summed E-state index contributed by atoms with van der Waals surface area (Å²) in [5, 5.41) is 15.4. The van der Waals surface area contributed by atoms with Gasteiger partial charge in [0.1, 0.15) is 12.1 Å². The molecule has 4 atom stereocenters. The van der Waals surface area contributed by atoms with Crippen molar-refractivity contribution < 1.29 is 23.7 Å². The molecule has 2 amide bonds. The van der Waals surface area contributed by atoms with Crippen LogP contribution in [0.2, 0.25) is 0 Å². The summed E-state index contributed by atoms with van der Waals surface area (Å²) in [7, 11) is -1.22. The molecule has 0 radical (unpaired) electrons. The number of hydrogen-bond donors (Lipinski definition) is 7. The molecule has 10 N–H and O–H groups in total. The van der Waals surface area contributed by atoms with Crippen LogP contribution in [0.1, 0.15) is 24.8 Å². The summed E-state index contributed by atoms with van der Waals surface area (Å²) in [6.45, 7) is 0.208. The molecule has 1 aromatic carbocycles. The van der Waals surface area contributed by atoms with Crippen LogP contribution < -0.4 is 27.8 Å². The van der Waals surface area contributed by atoms with Crippen LogP contribution in [0.25, 0.3) is 10.9 Å². The van der Waals surface area contributed by atoms with Crippen LogP contribution in [0, 0.1) is 0 Å². The molecule has 0 bridgehead atoms.